The lowest BCUT2D eigenvalue weighted by Gasteiger charge is -2.31. The summed E-state index contributed by atoms with van der Waals surface area (Å²) in [6.07, 6.45) is -5.08. The van der Waals surface area contributed by atoms with Crippen molar-refractivity contribution in [1.29, 1.82) is 0 Å². The Bertz CT molecular complexity index is 837. The first kappa shape index (κ1) is 19.4. The number of aryl methyl sites for hydroxylation is 1. The number of nitrogens with zero attached hydrogens (tertiary/aromatic N) is 3. The van der Waals surface area contributed by atoms with E-state index in [1.165, 1.54) is 6.07 Å². The van der Waals surface area contributed by atoms with Crippen molar-refractivity contribution in [1.82, 2.24) is 15.1 Å². The minimum Gasteiger partial charge on any atom is -0.386 e. The zero-order valence-corrected chi connectivity index (χ0v) is 15.0. The van der Waals surface area contributed by atoms with Gasteiger partial charge >= 0.3 is 6.18 Å². The molecule has 8 heteroatoms. The second-order valence-electron chi connectivity index (χ2n) is 6.90. The number of hydrogen-bond donors (Lipinski definition) is 1. The maximum absolute atomic E-state index is 12.8. The monoisotopic (exact) mass is 379 g/mol. The van der Waals surface area contributed by atoms with Gasteiger partial charge in [-0.1, -0.05) is 6.07 Å². The SMILES string of the molecule is Cc1cc(C(F)(F)F)ccc1-c1ccc(C(O)C2CN(C)CCC2=O)nn1. The number of hydrogen-bond acceptors (Lipinski definition) is 5. The average molecular weight is 379 g/mol. The van der Waals surface area contributed by atoms with E-state index in [-0.39, 0.29) is 11.5 Å². The largest absolute Gasteiger partial charge is 0.416 e. The predicted octanol–water partition coefficient (Wildman–Crippen LogP) is 3.03. The molecule has 0 spiro atoms. The molecule has 144 valence electrons. The van der Waals surface area contributed by atoms with Crippen LogP contribution in [0.2, 0.25) is 0 Å². The van der Waals surface area contributed by atoms with E-state index in [0.29, 0.717) is 36.3 Å². The molecule has 27 heavy (non-hydrogen) atoms. The smallest absolute Gasteiger partial charge is 0.386 e. The zero-order chi connectivity index (χ0) is 19.8. The van der Waals surface area contributed by atoms with Crippen molar-refractivity contribution in [2.75, 3.05) is 20.1 Å². The number of rotatable bonds is 3. The van der Waals surface area contributed by atoms with Crippen LogP contribution in [-0.4, -0.2) is 46.1 Å². The number of halogens is 3. The number of ketones is 1. The summed E-state index contributed by atoms with van der Waals surface area (Å²) in [7, 11) is 1.88. The molecule has 1 aliphatic heterocycles. The zero-order valence-electron chi connectivity index (χ0n) is 15.0. The normalized spacial score (nSPS) is 19.9. The number of aliphatic hydroxyl groups is 1. The van der Waals surface area contributed by atoms with Gasteiger partial charge in [-0.2, -0.15) is 23.4 Å². The molecule has 1 fully saturated rings. The summed E-state index contributed by atoms with van der Waals surface area (Å²) < 4.78 is 38.4. The van der Waals surface area contributed by atoms with Crippen LogP contribution in [0.4, 0.5) is 13.2 Å². The molecule has 2 unspecified atom stereocenters. The lowest BCUT2D eigenvalue weighted by atomic mass is 9.89. The second-order valence-corrected chi connectivity index (χ2v) is 6.90. The number of Topliss-reactive ketones (excluding diaryl/α,β-unsaturated/α-hetero) is 1. The Labute approximate surface area is 154 Å². The molecule has 2 aromatic rings. The van der Waals surface area contributed by atoms with E-state index in [4.69, 9.17) is 0 Å². The Morgan fingerprint density at radius 1 is 1.22 bits per heavy atom. The fourth-order valence-electron chi connectivity index (χ4n) is 3.27. The maximum atomic E-state index is 12.8. The van der Waals surface area contributed by atoms with Crippen LogP contribution in [-0.2, 0) is 11.0 Å². The molecule has 0 bridgehead atoms. The predicted molar refractivity (Wildman–Crippen MR) is 92.8 cm³/mol. The molecule has 0 aliphatic carbocycles. The minimum absolute atomic E-state index is 0.00920. The standard InChI is InChI=1S/C19H20F3N3O2/c1-11-9-12(19(20,21)22)3-4-13(11)15-5-6-16(24-23-15)18(27)14-10-25(2)8-7-17(14)26/h3-6,9,14,18,27H,7-8,10H2,1-2H3. The summed E-state index contributed by atoms with van der Waals surface area (Å²) in [4.78, 5) is 14.0. The van der Waals surface area contributed by atoms with Crippen molar-refractivity contribution >= 4 is 5.78 Å². The van der Waals surface area contributed by atoms with Crippen molar-refractivity contribution in [3.63, 3.8) is 0 Å². The molecular weight excluding hydrogens is 359 g/mol. The van der Waals surface area contributed by atoms with Crippen molar-refractivity contribution < 1.29 is 23.1 Å². The number of carbonyl (C=O) groups is 1. The van der Waals surface area contributed by atoms with E-state index in [0.717, 1.165) is 12.1 Å². The minimum atomic E-state index is -4.40. The summed E-state index contributed by atoms with van der Waals surface area (Å²) >= 11 is 0. The number of aromatic nitrogens is 2. The number of benzene rings is 1. The van der Waals surface area contributed by atoms with Gasteiger partial charge in [0.05, 0.1) is 22.9 Å². The quantitative estimate of drug-likeness (QED) is 0.888. The molecule has 2 heterocycles. The highest BCUT2D eigenvalue weighted by Crippen LogP contribution is 2.33. The molecule has 1 aromatic heterocycles. The lowest BCUT2D eigenvalue weighted by molar-refractivity contribution is -0.137. The first-order chi connectivity index (χ1) is 12.7. The van der Waals surface area contributed by atoms with E-state index in [2.05, 4.69) is 10.2 Å². The second kappa shape index (κ2) is 7.36. The Balaban J connectivity index is 1.82. The topological polar surface area (TPSA) is 66.3 Å². The Morgan fingerprint density at radius 2 is 1.96 bits per heavy atom. The van der Waals surface area contributed by atoms with Crippen LogP contribution >= 0.6 is 0 Å². The summed E-state index contributed by atoms with van der Waals surface area (Å²) in [6, 6.07) is 6.58. The first-order valence-corrected chi connectivity index (χ1v) is 8.58. The third-order valence-electron chi connectivity index (χ3n) is 4.86. The Kier molecular flexibility index (Phi) is 5.30. The molecule has 1 N–H and O–H groups in total. The van der Waals surface area contributed by atoms with E-state index in [9.17, 15) is 23.1 Å². The number of alkyl halides is 3. The molecule has 5 nitrogen and oxygen atoms in total. The highest BCUT2D eigenvalue weighted by Gasteiger charge is 2.33. The van der Waals surface area contributed by atoms with Gasteiger partial charge in [-0.3, -0.25) is 4.79 Å². The van der Waals surface area contributed by atoms with Gasteiger partial charge in [-0.15, -0.1) is 0 Å². The van der Waals surface area contributed by atoms with Crippen LogP contribution in [0.25, 0.3) is 11.3 Å². The molecule has 0 radical (unpaired) electrons. The number of piperidine rings is 1. The maximum Gasteiger partial charge on any atom is 0.416 e. The Morgan fingerprint density at radius 3 is 2.56 bits per heavy atom. The number of likely N-dealkylation sites (tertiary alicyclic amines) is 1. The molecule has 1 aliphatic rings. The van der Waals surface area contributed by atoms with Gasteiger partial charge in [0.1, 0.15) is 11.9 Å². The van der Waals surface area contributed by atoms with Crippen molar-refractivity contribution in [3.05, 3.63) is 47.2 Å². The van der Waals surface area contributed by atoms with Crippen LogP contribution < -0.4 is 0 Å². The van der Waals surface area contributed by atoms with E-state index in [1.54, 1.807) is 19.1 Å². The van der Waals surface area contributed by atoms with Crippen LogP contribution in [0, 0.1) is 12.8 Å². The highest BCUT2D eigenvalue weighted by molar-refractivity contribution is 5.82. The van der Waals surface area contributed by atoms with Crippen LogP contribution in [0.5, 0.6) is 0 Å². The summed E-state index contributed by atoms with van der Waals surface area (Å²) in [5, 5.41) is 18.6. The van der Waals surface area contributed by atoms with Crippen molar-refractivity contribution in [2.24, 2.45) is 5.92 Å². The Hall–Kier alpha value is -2.32. The molecule has 3 rings (SSSR count). The average Bonchev–Trinajstić information content (AvgIpc) is 2.62. The highest BCUT2D eigenvalue weighted by atomic mass is 19.4. The molecule has 1 saturated heterocycles. The van der Waals surface area contributed by atoms with E-state index >= 15 is 0 Å². The van der Waals surface area contributed by atoms with Gasteiger partial charge in [0.15, 0.2) is 0 Å². The summed E-state index contributed by atoms with van der Waals surface area (Å²) in [5.74, 6) is -0.568. The van der Waals surface area contributed by atoms with Gasteiger partial charge in [0.2, 0.25) is 0 Å². The molecular formula is C19H20F3N3O2. The molecule has 2 atom stereocenters. The fourth-order valence-corrected chi connectivity index (χ4v) is 3.27. The summed E-state index contributed by atoms with van der Waals surface area (Å²) in [5.41, 5.74) is 0.923. The number of aliphatic hydroxyl groups excluding tert-OH is 1. The van der Waals surface area contributed by atoms with Gasteiger partial charge in [-0.05, 0) is 43.8 Å². The molecule has 0 amide bonds. The van der Waals surface area contributed by atoms with Gasteiger partial charge in [0, 0.05) is 25.1 Å². The van der Waals surface area contributed by atoms with Crippen LogP contribution in [0.1, 0.15) is 29.3 Å². The van der Waals surface area contributed by atoms with E-state index in [1.807, 2.05) is 11.9 Å². The third-order valence-corrected chi connectivity index (χ3v) is 4.86. The van der Waals surface area contributed by atoms with Gasteiger partial charge in [0.25, 0.3) is 0 Å². The van der Waals surface area contributed by atoms with Gasteiger partial charge in [-0.25, -0.2) is 0 Å². The van der Waals surface area contributed by atoms with Crippen molar-refractivity contribution in [3.8, 4) is 11.3 Å². The fraction of sp³-hybridized carbons (Fsp3) is 0.421. The van der Waals surface area contributed by atoms with Crippen LogP contribution in [0.15, 0.2) is 30.3 Å². The molecule has 1 aromatic carbocycles. The number of carbonyl (C=O) groups excluding carboxylic acids is 1. The van der Waals surface area contributed by atoms with Gasteiger partial charge < -0.3 is 10.0 Å². The first-order valence-electron chi connectivity index (χ1n) is 8.58. The third kappa shape index (κ3) is 4.17. The van der Waals surface area contributed by atoms with Crippen molar-refractivity contribution in [2.45, 2.75) is 25.6 Å². The van der Waals surface area contributed by atoms with Crippen LogP contribution in [0.3, 0.4) is 0 Å². The summed E-state index contributed by atoms with van der Waals surface area (Å²) in [6.45, 7) is 2.69. The van der Waals surface area contributed by atoms with E-state index < -0.39 is 23.8 Å². The lowest BCUT2D eigenvalue weighted by Crippen LogP contribution is -2.41. The molecule has 0 saturated carbocycles.